The van der Waals surface area contributed by atoms with Gasteiger partial charge < -0.3 is 53.5 Å². The first-order valence-corrected chi connectivity index (χ1v) is 36.0. The highest BCUT2D eigenvalue weighted by Crippen LogP contribution is 2.35. The molecule has 0 unspecified atom stereocenters. The van der Waals surface area contributed by atoms with Gasteiger partial charge in [-0.2, -0.15) is 17.6 Å². The molecule has 0 bridgehead atoms. The number of hydrogen-bond donors (Lipinski definition) is 6. The Morgan fingerprint density at radius 2 is 0.824 bits per heavy atom. The van der Waals surface area contributed by atoms with Crippen LogP contribution in [0.1, 0.15) is 78.8 Å². The van der Waals surface area contributed by atoms with Gasteiger partial charge in [0.15, 0.2) is 5.82 Å². The molecule has 0 spiro atoms. The summed E-state index contributed by atoms with van der Waals surface area (Å²) < 4.78 is 101. The number of halogens is 8. The van der Waals surface area contributed by atoms with Crippen molar-refractivity contribution in [3.63, 3.8) is 0 Å². The Balaban J connectivity index is 0.000000124. The van der Waals surface area contributed by atoms with Gasteiger partial charge >= 0.3 is 42.0 Å². The normalized spacial score (nSPS) is 11.0. The molecule has 9 aromatic carbocycles. The molecule has 6 N–H and O–H groups in total. The number of hydrogen-bond acceptors (Lipinski definition) is 9. The van der Waals surface area contributed by atoms with Gasteiger partial charge in [0.1, 0.15) is 29.0 Å². The van der Waals surface area contributed by atoms with E-state index in [0.717, 1.165) is 62.2 Å². The van der Waals surface area contributed by atoms with Gasteiger partial charge in [-0.05, 0) is 201 Å². The van der Waals surface area contributed by atoms with E-state index in [4.69, 9.17) is 32.0 Å². The minimum Gasteiger partial charge on any atom is -0.478 e. The second-order valence-electron chi connectivity index (χ2n) is 26.4. The first kappa shape index (κ1) is 81.3. The van der Waals surface area contributed by atoms with Crippen LogP contribution in [0.3, 0.4) is 0 Å². The summed E-state index contributed by atoms with van der Waals surface area (Å²) in [6, 6.07) is 66.1. The minimum atomic E-state index is -4.52. The zero-order valence-electron chi connectivity index (χ0n) is 62.0. The van der Waals surface area contributed by atoms with Crippen molar-refractivity contribution in [2.75, 3.05) is 0 Å². The van der Waals surface area contributed by atoms with Crippen molar-refractivity contribution >= 4 is 113 Å². The highest BCUT2D eigenvalue weighted by molar-refractivity contribution is 6.32. The van der Waals surface area contributed by atoms with E-state index >= 15 is 0 Å². The molecule has 29 heteroatoms. The van der Waals surface area contributed by atoms with Gasteiger partial charge in [-0.25, -0.2) is 56.9 Å². The van der Waals surface area contributed by atoms with Crippen molar-refractivity contribution in [2.45, 2.75) is 20.0 Å². The van der Waals surface area contributed by atoms with Gasteiger partial charge in [0.05, 0.1) is 83.3 Å². The Morgan fingerprint density at radius 1 is 0.353 bits per heavy atom. The maximum atomic E-state index is 13.8. The molecule has 0 atom stereocenters. The molecule has 594 valence electrons. The summed E-state index contributed by atoms with van der Waals surface area (Å²) in [6.07, 6.45) is 8.91. The number of aromatic nitrogens is 9. The third-order valence-electron chi connectivity index (χ3n) is 18.8. The number of aryl methyl sites for hydroxylation is 2. The fourth-order valence-electron chi connectivity index (χ4n) is 13.2. The van der Waals surface area contributed by atoms with E-state index < -0.39 is 59.3 Å². The zero-order chi connectivity index (χ0) is 84.7. The van der Waals surface area contributed by atoms with Crippen molar-refractivity contribution < 1.29 is 90.1 Å². The van der Waals surface area contributed by atoms with Crippen molar-refractivity contribution in [3.05, 3.63) is 377 Å². The van der Waals surface area contributed by atoms with Crippen LogP contribution in [0.25, 0.3) is 99.8 Å². The van der Waals surface area contributed by atoms with E-state index in [0.29, 0.717) is 56.0 Å². The maximum absolute atomic E-state index is 13.8. The lowest BCUT2D eigenvalue weighted by Gasteiger charge is -2.10. The minimum absolute atomic E-state index is 0.113. The van der Waals surface area contributed by atoms with E-state index in [9.17, 15) is 69.7 Å². The van der Waals surface area contributed by atoms with Gasteiger partial charge in [-0.15, -0.1) is 0 Å². The molecule has 0 saturated heterocycles. The summed E-state index contributed by atoms with van der Waals surface area (Å²) >= 11 is 5.93. The predicted octanol–water partition coefficient (Wildman–Crippen LogP) is 21.0. The average molecular weight is 1630 g/mol. The molecular formula is C90H61ClF7N9O12. The summed E-state index contributed by atoms with van der Waals surface area (Å²) in [5, 5.41) is 58.8. The standard InChI is InChI=1S/C16H13NO2.C15H8ClF3N2O2.C15H11FN2O2.2C15H10FNO2.C14H9FN2O2/c1-11-10-17(15-5-3-2-4-14(11)15)13-8-6-12(7-9-13)16(18)19;16-11-6-10(15(17,18)19)7-20-13(11)21-4-3-8-5-9(14(22)23)1-2-12(8)21;1-9-6-13(14(16)17-8-9)18-5-4-10-7-11(15(19)20)2-3-12(10)18;16-10-4-3-5-11(8-10)17-9-13(15(18)19)12-6-1-2-7-14(12)17;16-10-5-7-11(8-6-10)17-9-13(15(18)19)12-3-1-2-4-14(12)17;15-9-4-5-13(16-8-9)17-7-6-10-11(14(18)19)2-1-3-12(10)17/h2-10H,1H3,(H,18,19);1-7H,(H,22,23);2-8H,1H3,(H,19,20);2*1-9H,(H,18,19);1-8H,(H,18,19). The largest absolute Gasteiger partial charge is 0.478 e. The van der Waals surface area contributed by atoms with Crippen LogP contribution in [0, 0.1) is 37.2 Å². The van der Waals surface area contributed by atoms with Crippen molar-refractivity contribution in [1.82, 2.24) is 42.4 Å². The third-order valence-corrected chi connectivity index (χ3v) is 19.0. The summed E-state index contributed by atoms with van der Waals surface area (Å²) in [6.45, 7) is 3.91. The number of carboxylic acid groups (broad SMARTS) is 6. The second-order valence-corrected chi connectivity index (χ2v) is 26.8. The monoisotopic (exact) mass is 1630 g/mol. The Bertz CT molecular complexity index is 6930. The van der Waals surface area contributed by atoms with Crippen LogP contribution >= 0.6 is 11.6 Å². The molecule has 0 aliphatic rings. The quantitative estimate of drug-likeness (QED) is 0.0490. The number of benzene rings is 9. The van der Waals surface area contributed by atoms with E-state index in [1.165, 1.54) is 76.4 Å². The summed E-state index contributed by atoms with van der Waals surface area (Å²) in [5.41, 5.74) is 9.77. The van der Waals surface area contributed by atoms with Crippen LogP contribution in [0.15, 0.2) is 298 Å². The fourth-order valence-corrected chi connectivity index (χ4v) is 13.4. The number of carboxylic acids is 6. The number of para-hydroxylation sites is 3. The molecule has 0 fully saturated rings. The lowest BCUT2D eigenvalue weighted by atomic mass is 10.1. The summed E-state index contributed by atoms with van der Waals surface area (Å²) in [5.74, 6) is -6.86. The van der Waals surface area contributed by atoms with Crippen molar-refractivity contribution in [2.24, 2.45) is 0 Å². The van der Waals surface area contributed by atoms with Gasteiger partial charge in [0, 0.05) is 99.0 Å². The molecule has 0 amide bonds. The Hall–Kier alpha value is -15.7. The number of pyridine rings is 3. The average Bonchev–Trinajstić information content (AvgIpc) is 1.66. The second kappa shape index (κ2) is 34.5. The maximum Gasteiger partial charge on any atom is 0.417 e. The molecule has 0 radical (unpaired) electrons. The number of alkyl halides is 3. The first-order chi connectivity index (χ1) is 57.0. The van der Waals surface area contributed by atoms with Gasteiger partial charge in [0.2, 0.25) is 5.95 Å². The van der Waals surface area contributed by atoms with Gasteiger partial charge in [-0.3, -0.25) is 4.57 Å². The number of rotatable bonds is 12. The highest BCUT2D eigenvalue weighted by atomic mass is 35.5. The van der Waals surface area contributed by atoms with Crippen LogP contribution in [-0.2, 0) is 6.18 Å². The van der Waals surface area contributed by atoms with E-state index in [1.54, 1.807) is 170 Å². The predicted molar refractivity (Wildman–Crippen MR) is 434 cm³/mol. The van der Waals surface area contributed by atoms with E-state index in [-0.39, 0.29) is 50.3 Å². The lowest BCUT2D eigenvalue weighted by Crippen LogP contribution is -2.07. The third kappa shape index (κ3) is 17.8. The lowest BCUT2D eigenvalue weighted by molar-refractivity contribution is -0.137. The first-order valence-electron chi connectivity index (χ1n) is 35.6. The molecule has 0 saturated carbocycles. The zero-order valence-corrected chi connectivity index (χ0v) is 62.7. The molecule has 0 aliphatic carbocycles. The molecule has 18 rings (SSSR count). The van der Waals surface area contributed by atoms with Gasteiger partial charge in [0.25, 0.3) is 0 Å². The van der Waals surface area contributed by atoms with Crippen LogP contribution in [0.2, 0.25) is 5.02 Å². The Kier molecular flexibility index (Phi) is 23.6. The van der Waals surface area contributed by atoms with E-state index in [2.05, 4.69) is 44.8 Å². The van der Waals surface area contributed by atoms with Crippen molar-refractivity contribution in [1.29, 1.82) is 0 Å². The topological polar surface area (TPSA) is 292 Å². The molecular weight excluding hydrogens is 1570 g/mol. The molecule has 119 heavy (non-hydrogen) atoms. The van der Waals surface area contributed by atoms with Crippen LogP contribution in [-0.4, -0.2) is 109 Å². The molecule has 9 aromatic heterocycles. The van der Waals surface area contributed by atoms with Crippen LogP contribution in [0.5, 0.6) is 0 Å². The van der Waals surface area contributed by atoms with E-state index in [1.807, 2.05) is 55.5 Å². The number of carbonyl (C=O) groups is 6. The van der Waals surface area contributed by atoms with Crippen molar-refractivity contribution in [3.8, 4) is 34.4 Å². The smallest absolute Gasteiger partial charge is 0.417 e. The number of nitrogens with zero attached hydrogens (tertiary/aromatic N) is 9. The SMILES string of the molecule is Cc1cn(-c2ccc(C(=O)O)cc2)c2ccccc12.Cc1cnc(F)c(-n2ccc3cc(C(=O)O)ccc32)c1.O=C(O)c1ccc2c(ccn2-c2ncc(C(F)(F)F)cc2Cl)c1.O=C(O)c1cccc2c1ccn2-c1ccc(F)cn1.O=C(O)c1cn(-c2ccc(F)cc2)c2ccccc12.O=C(O)c1cn(-c2cccc(F)c2)c2ccccc12. The number of aromatic carboxylic acids is 6. The summed E-state index contributed by atoms with van der Waals surface area (Å²) in [4.78, 5) is 77.9. The summed E-state index contributed by atoms with van der Waals surface area (Å²) in [7, 11) is 0. The number of fused-ring (bicyclic) bond motifs is 6. The van der Waals surface area contributed by atoms with Crippen LogP contribution in [0.4, 0.5) is 30.7 Å². The fraction of sp³-hybridized carbons (Fsp3) is 0.0333. The molecule has 0 aliphatic heterocycles. The molecule has 9 heterocycles. The Labute approximate surface area is 673 Å². The van der Waals surface area contributed by atoms with Crippen LogP contribution < -0.4 is 0 Å². The Morgan fingerprint density at radius 3 is 1.36 bits per heavy atom. The van der Waals surface area contributed by atoms with Gasteiger partial charge in [-0.1, -0.05) is 78.3 Å². The molecule has 18 aromatic rings. The molecule has 21 nitrogen and oxygen atoms in total. The highest BCUT2D eigenvalue weighted by Gasteiger charge is 2.32.